The fourth-order valence-electron chi connectivity index (χ4n) is 3.23. The summed E-state index contributed by atoms with van der Waals surface area (Å²) in [7, 11) is 0.305. The van der Waals surface area contributed by atoms with Gasteiger partial charge in [-0.05, 0) is 32.1 Å². The van der Waals surface area contributed by atoms with Crippen molar-refractivity contribution in [2.75, 3.05) is 20.6 Å². The molecule has 1 saturated carbocycles. The molecule has 0 aromatic heterocycles. The predicted octanol–water partition coefficient (Wildman–Crippen LogP) is 0.189. The first-order valence-electron chi connectivity index (χ1n) is 7.28. The quantitative estimate of drug-likeness (QED) is 0.746. The average molecular weight is 302 g/mol. The van der Waals surface area contributed by atoms with Gasteiger partial charge in [0.05, 0.1) is 17.4 Å². The van der Waals surface area contributed by atoms with Gasteiger partial charge in [0.1, 0.15) is 6.10 Å². The van der Waals surface area contributed by atoms with E-state index in [0.717, 1.165) is 19.3 Å². The Morgan fingerprint density at radius 3 is 2.45 bits per heavy atom. The lowest BCUT2D eigenvalue weighted by Gasteiger charge is -2.35. The van der Waals surface area contributed by atoms with Crippen LogP contribution in [0.4, 0.5) is 0 Å². The lowest BCUT2D eigenvalue weighted by Crippen LogP contribution is -2.49. The van der Waals surface area contributed by atoms with Crippen LogP contribution in [0.5, 0.6) is 0 Å². The maximum Gasteiger partial charge on any atom is 0.251 e. The first-order valence-corrected chi connectivity index (χ1v) is 8.79. The van der Waals surface area contributed by atoms with E-state index in [1.165, 1.54) is 0 Å². The molecule has 2 aliphatic heterocycles. The molecule has 2 saturated heterocycles. The predicted molar refractivity (Wildman–Crippen MR) is 73.6 cm³/mol. The first-order chi connectivity index (χ1) is 9.41. The van der Waals surface area contributed by atoms with Crippen molar-refractivity contribution in [3.63, 3.8) is 0 Å². The van der Waals surface area contributed by atoms with Gasteiger partial charge in [-0.2, -0.15) is 4.31 Å². The summed E-state index contributed by atoms with van der Waals surface area (Å²) in [4.78, 5) is 13.5. The van der Waals surface area contributed by atoms with Gasteiger partial charge in [0, 0.05) is 20.6 Å². The highest BCUT2D eigenvalue weighted by molar-refractivity contribution is 7.90. The number of amides is 1. The molecule has 0 N–H and O–H groups in total. The van der Waals surface area contributed by atoms with Crippen LogP contribution in [0.25, 0.3) is 0 Å². The molecule has 0 aromatic carbocycles. The summed E-state index contributed by atoms with van der Waals surface area (Å²) >= 11 is 0. The summed E-state index contributed by atoms with van der Waals surface area (Å²) in [5, 5.41) is -0.164. The summed E-state index contributed by atoms with van der Waals surface area (Å²) in [6.45, 7) is 0.539. The van der Waals surface area contributed by atoms with E-state index in [2.05, 4.69) is 0 Å². The van der Waals surface area contributed by atoms with Crippen molar-refractivity contribution in [1.29, 1.82) is 0 Å². The number of hydrogen-bond donors (Lipinski definition) is 0. The van der Waals surface area contributed by atoms with Crippen LogP contribution >= 0.6 is 0 Å². The van der Waals surface area contributed by atoms with Crippen LogP contribution in [0.3, 0.4) is 0 Å². The highest BCUT2D eigenvalue weighted by Crippen LogP contribution is 2.39. The maximum absolute atomic E-state index is 12.4. The van der Waals surface area contributed by atoms with Crippen molar-refractivity contribution in [2.45, 2.75) is 55.6 Å². The number of carbonyl (C=O) groups excluding carboxylic acids is 1. The monoisotopic (exact) mass is 302 g/mol. The molecule has 0 aromatic rings. The minimum atomic E-state index is -3.13. The van der Waals surface area contributed by atoms with E-state index >= 15 is 0 Å². The second-order valence-electron chi connectivity index (χ2n) is 6.18. The Balaban J connectivity index is 1.69. The van der Waals surface area contributed by atoms with Gasteiger partial charge in [-0.25, -0.2) is 8.42 Å². The van der Waals surface area contributed by atoms with Crippen molar-refractivity contribution in [1.82, 2.24) is 9.21 Å². The molecule has 0 radical (unpaired) electrons. The van der Waals surface area contributed by atoms with Crippen molar-refractivity contribution in [3.05, 3.63) is 0 Å². The maximum atomic E-state index is 12.4. The Bertz CT molecular complexity index is 501. The highest BCUT2D eigenvalue weighted by atomic mass is 32.2. The Morgan fingerprint density at radius 1 is 1.15 bits per heavy atom. The van der Waals surface area contributed by atoms with Crippen LogP contribution in [-0.2, 0) is 19.6 Å². The molecular weight excluding hydrogens is 280 g/mol. The van der Waals surface area contributed by atoms with Gasteiger partial charge in [-0.15, -0.1) is 0 Å². The molecule has 0 unspecified atom stereocenters. The molecule has 3 rings (SSSR count). The second kappa shape index (κ2) is 4.96. The number of rotatable bonds is 3. The van der Waals surface area contributed by atoms with Crippen LogP contribution in [-0.4, -0.2) is 67.7 Å². The minimum absolute atomic E-state index is 0.0213. The standard InChI is InChI=1S/C13H22N2O4S/c1-14(2)13(16)12-6-5-10-11(19-12)7-8-15(10)20(17,18)9-3-4-9/h9-12H,3-8H2,1-2H3/t10-,11-,12-/m0/s1. The summed E-state index contributed by atoms with van der Waals surface area (Å²) < 4.78 is 32.2. The molecular formula is C13H22N2O4S. The van der Waals surface area contributed by atoms with Gasteiger partial charge >= 0.3 is 0 Å². The normalized spacial score (nSPS) is 34.8. The summed E-state index contributed by atoms with van der Waals surface area (Å²) in [5.41, 5.74) is 0. The molecule has 7 heteroatoms. The van der Waals surface area contributed by atoms with E-state index in [4.69, 9.17) is 4.74 Å². The molecule has 114 valence electrons. The van der Waals surface area contributed by atoms with Crippen LogP contribution in [0, 0.1) is 0 Å². The average Bonchev–Trinajstić information content (AvgIpc) is 3.17. The van der Waals surface area contributed by atoms with Gasteiger partial charge in [0.15, 0.2) is 0 Å². The topological polar surface area (TPSA) is 66.9 Å². The van der Waals surface area contributed by atoms with Gasteiger partial charge in [-0.3, -0.25) is 4.79 Å². The lowest BCUT2D eigenvalue weighted by molar-refractivity contribution is -0.151. The molecule has 0 spiro atoms. The third-order valence-electron chi connectivity index (χ3n) is 4.49. The Hall–Kier alpha value is -0.660. The molecule has 3 aliphatic rings. The Labute approximate surface area is 120 Å². The molecule has 6 nitrogen and oxygen atoms in total. The SMILES string of the molecule is CN(C)C(=O)[C@@H]1CC[C@H]2[C@H](CCN2S(=O)(=O)C2CC2)O1. The van der Waals surface area contributed by atoms with E-state index in [-0.39, 0.29) is 23.3 Å². The van der Waals surface area contributed by atoms with E-state index < -0.39 is 16.1 Å². The second-order valence-corrected chi connectivity index (χ2v) is 8.35. The molecule has 20 heavy (non-hydrogen) atoms. The van der Waals surface area contributed by atoms with Crippen molar-refractivity contribution >= 4 is 15.9 Å². The van der Waals surface area contributed by atoms with E-state index in [9.17, 15) is 13.2 Å². The number of hydrogen-bond acceptors (Lipinski definition) is 4. The van der Waals surface area contributed by atoms with Crippen LogP contribution in [0.15, 0.2) is 0 Å². The van der Waals surface area contributed by atoms with E-state index in [1.54, 1.807) is 23.3 Å². The van der Waals surface area contributed by atoms with Gasteiger partial charge in [0.2, 0.25) is 10.0 Å². The zero-order valence-corrected chi connectivity index (χ0v) is 12.8. The van der Waals surface area contributed by atoms with Gasteiger partial charge in [0.25, 0.3) is 5.91 Å². The van der Waals surface area contributed by atoms with Gasteiger partial charge in [-0.1, -0.05) is 0 Å². The van der Waals surface area contributed by atoms with Crippen LogP contribution in [0.1, 0.15) is 32.1 Å². The van der Waals surface area contributed by atoms with E-state index in [0.29, 0.717) is 19.4 Å². The molecule has 3 fully saturated rings. The number of ether oxygens (including phenoxy) is 1. The Morgan fingerprint density at radius 2 is 1.85 bits per heavy atom. The van der Waals surface area contributed by atoms with Gasteiger partial charge < -0.3 is 9.64 Å². The van der Waals surface area contributed by atoms with Crippen LogP contribution < -0.4 is 0 Å². The summed E-state index contributed by atoms with van der Waals surface area (Å²) in [5.74, 6) is -0.0213. The molecule has 3 atom stereocenters. The summed E-state index contributed by atoms with van der Waals surface area (Å²) in [6, 6.07) is -0.0631. The third-order valence-corrected chi connectivity index (χ3v) is 6.91. The van der Waals surface area contributed by atoms with Crippen molar-refractivity contribution in [3.8, 4) is 0 Å². The zero-order chi connectivity index (χ0) is 14.5. The van der Waals surface area contributed by atoms with Crippen LogP contribution in [0.2, 0.25) is 0 Å². The number of fused-ring (bicyclic) bond motifs is 1. The molecule has 2 heterocycles. The molecule has 1 aliphatic carbocycles. The number of sulfonamides is 1. The largest absolute Gasteiger partial charge is 0.363 e. The Kier molecular flexibility index (Phi) is 3.54. The first kappa shape index (κ1) is 14.3. The minimum Gasteiger partial charge on any atom is -0.363 e. The van der Waals surface area contributed by atoms with Crippen molar-refractivity contribution < 1.29 is 17.9 Å². The molecule has 1 amide bonds. The highest BCUT2D eigenvalue weighted by Gasteiger charge is 2.50. The van der Waals surface area contributed by atoms with Crippen molar-refractivity contribution in [2.24, 2.45) is 0 Å². The smallest absolute Gasteiger partial charge is 0.251 e. The fourth-order valence-corrected chi connectivity index (χ4v) is 5.32. The fraction of sp³-hybridized carbons (Fsp3) is 0.923. The van der Waals surface area contributed by atoms with E-state index in [1.807, 2.05) is 0 Å². The summed E-state index contributed by atoms with van der Waals surface area (Å²) in [6.07, 6.45) is 3.09. The third kappa shape index (κ3) is 2.35. The zero-order valence-electron chi connectivity index (χ0n) is 12.0. The number of nitrogens with zero attached hydrogens (tertiary/aromatic N) is 2. The molecule has 0 bridgehead atoms. The number of likely N-dealkylation sites (N-methyl/N-ethyl adjacent to an activating group) is 1. The number of carbonyl (C=O) groups is 1. The lowest BCUT2D eigenvalue weighted by atomic mass is 9.99.